The lowest BCUT2D eigenvalue weighted by Crippen LogP contribution is -2.16. The number of nitrogens with two attached hydrogens (primary N) is 1. The van der Waals surface area contributed by atoms with Gasteiger partial charge in [0.15, 0.2) is 0 Å². The highest BCUT2D eigenvalue weighted by molar-refractivity contribution is 5.42. The predicted octanol–water partition coefficient (Wildman–Crippen LogP) is 2.44. The maximum absolute atomic E-state index is 13.5. The van der Waals surface area contributed by atoms with E-state index < -0.39 is 11.6 Å². The zero-order chi connectivity index (χ0) is 10.8. The van der Waals surface area contributed by atoms with E-state index in [1.54, 1.807) is 0 Å². The van der Waals surface area contributed by atoms with E-state index in [0.717, 1.165) is 0 Å². The number of halogens is 2. The molecule has 0 spiro atoms. The second kappa shape index (κ2) is 4.14. The van der Waals surface area contributed by atoms with Gasteiger partial charge in [-0.15, -0.1) is 0 Å². The SMILES string of the molecule is Nc1cc(F)c(C2CCOCC2)c(F)c1. The van der Waals surface area contributed by atoms with Gasteiger partial charge in [0.2, 0.25) is 0 Å². The fraction of sp³-hybridized carbons (Fsp3) is 0.455. The number of hydrogen-bond donors (Lipinski definition) is 1. The molecule has 0 saturated carbocycles. The highest BCUT2D eigenvalue weighted by atomic mass is 19.1. The molecule has 0 bridgehead atoms. The van der Waals surface area contributed by atoms with Crippen LogP contribution in [0.1, 0.15) is 24.3 Å². The van der Waals surface area contributed by atoms with Crippen molar-refractivity contribution in [3.63, 3.8) is 0 Å². The monoisotopic (exact) mass is 213 g/mol. The minimum Gasteiger partial charge on any atom is -0.399 e. The van der Waals surface area contributed by atoms with E-state index in [9.17, 15) is 8.78 Å². The number of hydrogen-bond acceptors (Lipinski definition) is 2. The molecule has 2 N–H and O–H groups in total. The summed E-state index contributed by atoms with van der Waals surface area (Å²) < 4.78 is 32.2. The van der Waals surface area contributed by atoms with Gasteiger partial charge in [0.05, 0.1) is 0 Å². The first-order chi connectivity index (χ1) is 7.18. The van der Waals surface area contributed by atoms with Crippen molar-refractivity contribution in [1.29, 1.82) is 0 Å². The van der Waals surface area contributed by atoms with E-state index in [1.165, 1.54) is 12.1 Å². The minimum atomic E-state index is -0.542. The second-order valence-corrected chi connectivity index (χ2v) is 3.78. The summed E-state index contributed by atoms with van der Waals surface area (Å²) in [5.74, 6) is -1.17. The molecule has 4 heteroatoms. The Labute approximate surface area is 87.0 Å². The molecule has 1 fully saturated rings. The minimum absolute atomic E-state index is 0.0839. The summed E-state index contributed by atoms with van der Waals surface area (Å²) in [6, 6.07) is 2.35. The molecule has 0 radical (unpaired) electrons. The van der Waals surface area contributed by atoms with Crippen molar-refractivity contribution >= 4 is 5.69 Å². The molecule has 2 nitrogen and oxygen atoms in total. The van der Waals surface area contributed by atoms with Crippen LogP contribution in [0.2, 0.25) is 0 Å². The van der Waals surface area contributed by atoms with Gasteiger partial charge in [-0.2, -0.15) is 0 Å². The Morgan fingerprint density at radius 3 is 2.20 bits per heavy atom. The molecule has 0 aromatic heterocycles. The van der Waals surface area contributed by atoms with Crippen molar-refractivity contribution < 1.29 is 13.5 Å². The van der Waals surface area contributed by atoms with Crippen molar-refractivity contribution in [1.82, 2.24) is 0 Å². The Morgan fingerprint density at radius 2 is 1.67 bits per heavy atom. The summed E-state index contributed by atoms with van der Waals surface area (Å²) in [6.07, 6.45) is 1.33. The van der Waals surface area contributed by atoms with Gasteiger partial charge in [-0.3, -0.25) is 0 Å². The molecule has 0 amide bonds. The summed E-state index contributed by atoms with van der Waals surface area (Å²) in [6.45, 7) is 1.13. The molecule has 15 heavy (non-hydrogen) atoms. The molecule has 2 rings (SSSR count). The van der Waals surface area contributed by atoms with Crippen LogP contribution in [-0.4, -0.2) is 13.2 Å². The normalized spacial score (nSPS) is 18.0. The summed E-state index contributed by atoms with van der Waals surface area (Å²) in [4.78, 5) is 0. The van der Waals surface area contributed by atoms with Crippen LogP contribution in [0.5, 0.6) is 0 Å². The van der Waals surface area contributed by atoms with Crippen molar-refractivity contribution in [2.45, 2.75) is 18.8 Å². The van der Waals surface area contributed by atoms with Crippen molar-refractivity contribution in [2.24, 2.45) is 0 Å². The molecule has 1 aromatic carbocycles. The molecule has 1 heterocycles. The first-order valence-corrected chi connectivity index (χ1v) is 5.00. The van der Waals surface area contributed by atoms with Gasteiger partial charge >= 0.3 is 0 Å². The third kappa shape index (κ3) is 2.09. The lowest BCUT2D eigenvalue weighted by atomic mass is 9.90. The molecular weight excluding hydrogens is 200 g/mol. The van der Waals surface area contributed by atoms with Crippen molar-refractivity contribution in [3.05, 3.63) is 29.3 Å². The third-order valence-electron chi connectivity index (χ3n) is 2.73. The standard InChI is InChI=1S/C11H13F2NO/c12-9-5-8(14)6-10(13)11(9)7-1-3-15-4-2-7/h5-7H,1-4,14H2. The van der Waals surface area contributed by atoms with Crippen molar-refractivity contribution in [3.8, 4) is 0 Å². The molecule has 1 aromatic rings. The van der Waals surface area contributed by atoms with Gasteiger partial charge in [0.25, 0.3) is 0 Å². The van der Waals surface area contributed by atoms with E-state index in [1.807, 2.05) is 0 Å². The van der Waals surface area contributed by atoms with Gasteiger partial charge in [0.1, 0.15) is 11.6 Å². The smallest absolute Gasteiger partial charge is 0.131 e. The second-order valence-electron chi connectivity index (χ2n) is 3.78. The number of anilines is 1. The first-order valence-electron chi connectivity index (χ1n) is 5.00. The molecule has 0 unspecified atom stereocenters. The van der Waals surface area contributed by atoms with E-state index in [-0.39, 0.29) is 17.2 Å². The van der Waals surface area contributed by atoms with Gasteiger partial charge in [-0.05, 0) is 30.9 Å². The molecule has 82 valence electrons. The highest BCUT2D eigenvalue weighted by Crippen LogP contribution is 2.31. The van der Waals surface area contributed by atoms with Crippen molar-refractivity contribution in [2.75, 3.05) is 18.9 Å². The summed E-state index contributed by atoms with van der Waals surface area (Å²) in [7, 11) is 0. The van der Waals surface area contributed by atoms with Crippen LogP contribution in [0.25, 0.3) is 0 Å². The fourth-order valence-corrected chi connectivity index (χ4v) is 1.98. The van der Waals surface area contributed by atoms with Gasteiger partial charge in [-0.25, -0.2) is 8.78 Å². The molecule has 1 aliphatic heterocycles. The quantitative estimate of drug-likeness (QED) is 0.727. The van der Waals surface area contributed by atoms with Gasteiger partial charge < -0.3 is 10.5 Å². The number of rotatable bonds is 1. The topological polar surface area (TPSA) is 35.2 Å². The molecular formula is C11H13F2NO. The highest BCUT2D eigenvalue weighted by Gasteiger charge is 2.23. The lowest BCUT2D eigenvalue weighted by Gasteiger charge is -2.23. The zero-order valence-electron chi connectivity index (χ0n) is 8.30. The van der Waals surface area contributed by atoms with Crippen LogP contribution in [0.3, 0.4) is 0 Å². The zero-order valence-corrected chi connectivity index (χ0v) is 8.30. The third-order valence-corrected chi connectivity index (χ3v) is 2.73. The molecule has 1 aliphatic rings. The Bertz CT molecular complexity index is 339. The van der Waals surface area contributed by atoms with Crippen LogP contribution in [0.15, 0.2) is 12.1 Å². The van der Waals surface area contributed by atoms with Crippen LogP contribution in [0, 0.1) is 11.6 Å². The molecule has 0 aliphatic carbocycles. The Morgan fingerprint density at radius 1 is 1.13 bits per heavy atom. The number of ether oxygens (including phenoxy) is 1. The molecule has 0 atom stereocenters. The van der Waals surface area contributed by atoms with Gasteiger partial charge in [0, 0.05) is 24.5 Å². The van der Waals surface area contributed by atoms with E-state index in [4.69, 9.17) is 10.5 Å². The van der Waals surface area contributed by atoms with E-state index >= 15 is 0 Å². The first kappa shape index (κ1) is 10.4. The van der Waals surface area contributed by atoms with Crippen LogP contribution in [-0.2, 0) is 4.74 Å². The Hall–Kier alpha value is -1.16. The maximum Gasteiger partial charge on any atom is 0.131 e. The average Bonchev–Trinajstić information content (AvgIpc) is 2.17. The largest absolute Gasteiger partial charge is 0.399 e. The Balaban J connectivity index is 2.33. The summed E-state index contributed by atoms with van der Waals surface area (Å²) in [5, 5.41) is 0. The Kier molecular flexibility index (Phi) is 2.86. The van der Waals surface area contributed by atoms with E-state index in [0.29, 0.717) is 26.1 Å². The van der Waals surface area contributed by atoms with Gasteiger partial charge in [-0.1, -0.05) is 0 Å². The predicted molar refractivity (Wildman–Crippen MR) is 53.6 cm³/mol. The molecule has 1 saturated heterocycles. The maximum atomic E-state index is 13.5. The number of benzene rings is 1. The van der Waals surface area contributed by atoms with Crippen LogP contribution in [0.4, 0.5) is 14.5 Å². The lowest BCUT2D eigenvalue weighted by molar-refractivity contribution is 0.0838. The van der Waals surface area contributed by atoms with Crippen LogP contribution >= 0.6 is 0 Å². The fourth-order valence-electron chi connectivity index (χ4n) is 1.98. The summed E-state index contributed by atoms with van der Waals surface area (Å²) in [5.41, 5.74) is 5.64. The van der Waals surface area contributed by atoms with Crippen LogP contribution < -0.4 is 5.73 Å². The summed E-state index contributed by atoms with van der Waals surface area (Å²) >= 11 is 0. The van der Waals surface area contributed by atoms with E-state index in [2.05, 4.69) is 0 Å². The average molecular weight is 213 g/mol. The number of nitrogen functional groups attached to an aromatic ring is 1.